The molecule has 0 radical (unpaired) electrons. The first-order chi connectivity index (χ1) is 17.2. The summed E-state index contributed by atoms with van der Waals surface area (Å²) in [6, 6.07) is 28.5. The van der Waals surface area contributed by atoms with Crippen LogP contribution in [0.3, 0.4) is 0 Å². The maximum absolute atomic E-state index is 13.2. The Labute approximate surface area is 206 Å². The maximum Gasteiger partial charge on any atom is 0.267 e. The SMILES string of the molecule is O=C1/C(=C/c2ccc(-c3ccccc3)cc2)S/C(=N/N=C\c2ccc(O)cc2)N1Cc1ccco1. The number of phenols is 1. The van der Waals surface area contributed by atoms with Gasteiger partial charge in [-0.05, 0) is 76.5 Å². The summed E-state index contributed by atoms with van der Waals surface area (Å²) in [4.78, 5) is 15.4. The number of amidine groups is 1. The molecule has 5 rings (SSSR count). The molecule has 0 atom stereocenters. The summed E-state index contributed by atoms with van der Waals surface area (Å²) in [5.74, 6) is 0.682. The van der Waals surface area contributed by atoms with Crippen molar-refractivity contribution in [3.05, 3.63) is 119 Å². The van der Waals surface area contributed by atoms with E-state index in [0.717, 1.165) is 22.3 Å². The third-order valence-corrected chi connectivity index (χ3v) is 6.34. The summed E-state index contributed by atoms with van der Waals surface area (Å²) >= 11 is 1.27. The molecule has 1 aliphatic rings. The van der Waals surface area contributed by atoms with Crippen molar-refractivity contribution in [1.29, 1.82) is 0 Å². The standard InChI is InChI=1S/C28H21N3O3S/c32-24-14-10-21(11-15-24)18-29-30-28-31(19-25-7-4-16-34-25)27(33)26(35-28)17-20-8-12-23(13-9-20)22-5-2-1-3-6-22/h1-18,32H,19H2/b26-17-,29-18-,30-28+. The lowest BCUT2D eigenvalue weighted by Gasteiger charge is -2.12. The highest BCUT2D eigenvalue weighted by molar-refractivity contribution is 8.18. The normalized spacial score (nSPS) is 16.1. The van der Waals surface area contributed by atoms with E-state index in [1.807, 2.05) is 54.6 Å². The molecule has 2 heterocycles. The molecule has 1 amide bonds. The van der Waals surface area contributed by atoms with E-state index >= 15 is 0 Å². The summed E-state index contributed by atoms with van der Waals surface area (Å²) in [5.41, 5.74) is 3.97. The summed E-state index contributed by atoms with van der Waals surface area (Å²) in [5, 5.41) is 18.4. The average molecular weight is 480 g/mol. The molecule has 1 saturated heterocycles. The Morgan fingerprint density at radius 2 is 1.57 bits per heavy atom. The predicted molar refractivity (Wildman–Crippen MR) is 140 cm³/mol. The van der Waals surface area contributed by atoms with Crippen molar-refractivity contribution < 1.29 is 14.3 Å². The van der Waals surface area contributed by atoms with Crippen LogP contribution in [0.5, 0.6) is 5.75 Å². The summed E-state index contributed by atoms with van der Waals surface area (Å²) in [6.07, 6.45) is 5.02. The first-order valence-electron chi connectivity index (χ1n) is 10.9. The molecule has 1 N–H and O–H groups in total. The monoisotopic (exact) mass is 479 g/mol. The number of aromatic hydroxyl groups is 1. The highest BCUT2D eigenvalue weighted by Gasteiger charge is 2.34. The Morgan fingerprint density at radius 1 is 0.857 bits per heavy atom. The zero-order chi connectivity index (χ0) is 24.0. The molecule has 3 aromatic carbocycles. The number of phenolic OH excluding ortho intramolecular Hbond substituents is 1. The van der Waals surface area contributed by atoms with Gasteiger partial charge < -0.3 is 9.52 Å². The zero-order valence-corrected chi connectivity index (χ0v) is 19.4. The lowest BCUT2D eigenvalue weighted by Crippen LogP contribution is -2.28. The Kier molecular flexibility index (Phi) is 6.59. The molecule has 1 aliphatic heterocycles. The van der Waals surface area contributed by atoms with Gasteiger partial charge in [0.05, 0.1) is 23.9 Å². The summed E-state index contributed by atoms with van der Waals surface area (Å²) in [6.45, 7) is 0.261. The first-order valence-corrected chi connectivity index (χ1v) is 11.8. The molecule has 0 bridgehead atoms. The van der Waals surface area contributed by atoms with Crippen molar-refractivity contribution in [2.75, 3.05) is 0 Å². The van der Waals surface area contributed by atoms with Crippen LogP contribution >= 0.6 is 11.8 Å². The van der Waals surface area contributed by atoms with Crippen LogP contribution < -0.4 is 0 Å². The van der Waals surface area contributed by atoms with Crippen molar-refractivity contribution in [2.45, 2.75) is 6.54 Å². The minimum absolute atomic E-state index is 0.155. The van der Waals surface area contributed by atoms with Gasteiger partial charge in [-0.15, -0.1) is 5.10 Å². The smallest absolute Gasteiger partial charge is 0.267 e. The fraction of sp³-hybridized carbons (Fsp3) is 0.0357. The Morgan fingerprint density at radius 3 is 2.29 bits per heavy atom. The van der Waals surface area contributed by atoms with E-state index in [4.69, 9.17) is 4.42 Å². The largest absolute Gasteiger partial charge is 0.508 e. The lowest BCUT2D eigenvalue weighted by molar-refractivity contribution is -0.122. The molecule has 35 heavy (non-hydrogen) atoms. The molecule has 0 saturated carbocycles. The van der Waals surface area contributed by atoms with Gasteiger partial charge in [-0.1, -0.05) is 54.6 Å². The molecule has 0 unspecified atom stereocenters. The van der Waals surface area contributed by atoms with Crippen LogP contribution in [0.2, 0.25) is 0 Å². The third kappa shape index (κ3) is 5.42. The van der Waals surface area contributed by atoms with Crippen molar-refractivity contribution in [2.24, 2.45) is 10.2 Å². The van der Waals surface area contributed by atoms with Crippen LogP contribution in [0.25, 0.3) is 17.2 Å². The Balaban J connectivity index is 1.39. The second-order valence-electron chi connectivity index (χ2n) is 7.79. The second-order valence-corrected chi connectivity index (χ2v) is 8.80. The summed E-state index contributed by atoms with van der Waals surface area (Å²) in [7, 11) is 0. The van der Waals surface area contributed by atoms with Crippen LogP contribution in [-0.2, 0) is 11.3 Å². The number of furan rings is 1. The fourth-order valence-electron chi connectivity index (χ4n) is 3.54. The molecule has 6 nitrogen and oxygen atoms in total. The van der Waals surface area contributed by atoms with Gasteiger partial charge in [-0.25, -0.2) is 0 Å². The van der Waals surface area contributed by atoms with Crippen LogP contribution in [0.15, 0.2) is 117 Å². The molecule has 1 aromatic heterocycles. The molecule has 1 fully saturated rings. The number of thioether (sulfide) groups is 1. The predicted octanol–water partition coefficient (Wildman–Crippen LogP) is 6.16. The molecule has 7 heteroatoms. The number of hydrogen-bond donors (Lipinski definition) is 1. The molecule has 172 valence electrons. The second kappa shape index (κ2) is 10.3. The van der Waals surface area contributed by atoms with Crippen molar-refractivity contribution in [3.8, 4) is 16.9 Å². The number of amides is 1. The van der Waals surface area contributed by atoms with E-state index in [1.54, 1.807) is 47.7 Å². The lowest BCUT2D eigenvalue weighted by atomic mass is 10.0. The number of benzene rings is 3. The topological polar surface area (TPSA) is 78.4 Å². The maximum atomic E-state index is 13.2. The quantitative estimate of drug-likeness (QED) is 0.204. The van der Waals surface area contributed by atoms with Gasteiger partial charge in [0.25, 0.3) is 5.91 Å². The number of hydrogen-bond acceptors (Lipinski definition) is 6. The van der Waals surface area contributed by atoms with Crippen LogP contribution in [0, 0.1) is 0 Å². The highest BCUT2D eigenvalue weighted by atomic mass is 32.2. The Bertz CT molecular complexity index is 1390. The highest BCUT2D eigenvalue weighted by Crippen LogP contribution is 2.34. The van der Waals surface area contributed by atoms with E-state index in [2.05, 4.69) is 22.3 Å². The number of carbonyl (C=O) groups is 1. The molecule has 0 aliphatic carbocycles. The molecular formula is C28H21N3O3S. The number of nitrogens with zero attached hydrogens (tertiary/aromatic N) is 3. The van der Waals surface area contributed by atoms with Crippen LogP contribution in [-0.4, -0.2) is 27.3 Å². The van der Waals surface area contributed by atoms with Gasteiger partial charge in [0.2, 0.25) is 0 Å². The minimum atomic E-state index is -0.155. The Hall–Kier alpha value is -4.36. The van der Waals surface area contributed by atoms with Crippen molar-refractivity contribution in [3.63, 3.8) is 0 Å². The van der Waals surface area contributed by atoms with Gasteiger partial charge in [0, 0.05) is 0 Å². The zero-order valence-electron chi connectivity index (χ0n) is 18.6. The van der Waals surface area contributed by atoms with E-state index in [-0.39, 0.29) is 18.2 Å². The number of rotatable bonds is 6. The van der Waals surface area contributed by atoms with Gasteiger partial charge in [-0.2, -0.15) is 5.10 Å². The van der Waals surface area contributed by atoms with Gasteiger partial charge in [-0.3, -0.25) is 9.69 Å². The molecule has 0 spiro atoms. The minimum Gasteiger partial charge on any atom is -0.508 e. The molecular weight excluding hydrogens is 458 g/mol. The molecule has 4 aromatic rings. The van der Waals surface area contributed by atoms with Gasteiger partial charge in [0.1, 0.15) is 11.5 Å². The fourth-order valence-corrected chi connectivity index (χ4v) is 4.47. The third-order valence-electron chi connectivity index (χ3n) is 5.34. The van der Waals surface area contributed by atoms with Crippen LogP contribution in [0.1, 0.15) is 16.9 Å². The van der Waals surface area contributed by atoms with E-state index in [9.17, 15) is 9.90 Å². The van der Waals surface area contributed by atoms with Crippen molar-refractivity contribution in [1.82, 2.24) is 4.90 Å². The summed E-state index contributed by atoms with van der Waals surface area (Å²) < 4.78 is 5.45. The average Bonchev–Trinajstić information content (AvgIpc) is 3.51. The van der Waals surface area contributed by atoms with E-state index < -0.39 is 0 Å². The van der Waals surface area contributed by atoms with E-state index in [0.29, 0.717) is 15.8 Å². The van der Waals surface area contributed by atoms with Crippen molar-refractivity contribution >= 4 is 35.1 Å². The van der Waals surface area contributed by atoms with E-state index in [1.165, 1.54) is 11.8 Å². The number of carbonyl (C=O) groups excluding carboxylic acids is 1. The van der Waals surface area contributed by atoms with Crippen LogP contribution in [0.4, 0.5) is 0 Å². The first kappa shape index (κ1) is 22.4. The van der Waals surface area contributed by atoms with Gasteiger partial charge in [0.15, 0.2) is 5.17 Å². The van der Waals surface area contributed by atoms with Gasteiger partial charge >= 0.3 is 0 Å².